The summed E-state index contributed by atoms with van der Waals surface area (Å²) in [6, 6.07) is 8.39. The first-order chi connectivity index (χ1) is 13.3. The lowest BCUT2D eigenvalue weighted by Crippen LogP contribution is -2.54. The molecule has 0 saturated carbocycles. The topological polar surface area (TPSA) is 74.6 Å². The van der Waals surface area contributed by atoms with Gasteiger partial charge in [0, 0.05) is 5.39 Å². The minimum Gasteiger partial charge on any atom is -0.422 e. The van der Waals surface area contributed by atoms with Crippen LogP contribution in [0.4, 0.5) is 0 Å². The van der Waals surface area contributed by atoms with Gasteiger partial charge in [-0.2, -0.15) is 0 Å². The second-order valence-electron chi connectivity index (χ2n) is 6.27. The molecule has 0 spiro atoms. The first-order valence-electron chi connectivity index (χ1n) is 9.12. The van der Waals surface area contributed by atoms with Gasteiger partial charge in [-0.25, -0.2) is 4.79 Å². The van der Waals surface area contributed by atoms with Crippen molar-refractivity contribution in [1.82, 2.24) is 15.5 Å². The van der Waals surface area contributed by atoms with Crippen molar-refractivity contribution in [3.05, 3.63) is 46.3 Å². The molecule has 1 amide bonds. The van der Waals surface area contributed by atoms with Crippen LogP contribution in [0.5, 0.6) is 0 Å². The Balaban J connectivity index is 2.07. The maximum absolute atomic E-state index is 12.6. The summed E-state index contributed by atoms with van der Waals surface area (Å²) in [5, 5.41) is 6.24. The molecule has 2 aromatic rings. The van der Waals surface area contributed by atoms with Crippen LogP contribution in [0, 0.1) is 0 Å². The van der Waals surface area contributed by atoms with E-state index in [0.29, 0.717) is 17.5 Å². The van der Waals surface area contributed by atoms with E-state index < -0.39 is 21.5 Å². The van der Waals surface area contributed by atoms with Crippen LogP contribution < -0.4 is 16.3 Å². The van der Waals surface area contributed by atoms with Gasteiger partial charge < -0.3 is 14.6 Å². The highest BCUT2D eigenvalue weighted by Crippen LogP contribution is 2.29. The minimum absolute atomic E-state index is 0.150. The zero-order valence-electron chi connectivity index (χ0n) is 15.8. The Hall–Kier alpha value is -1.31. The summed E-state index contributed by atoms with van der Waals surface area (Å²) in [4.78, 5) is 27.0. The van der Waals surface area contributed by atoms with Crippen molar-refractivity contribution >= 4 is 51.7 Å². The first kappa shape index (κ1) is 23.0. The second kappa shape index (κ2) is 10.5. The molecule has 2 rings (SSSR count). The number of carbonyl (C=O) groups is 1. The van der Waals surface area contributed by atoms with Crippen molar-refractivity contribution in [1.29, 1.82) is 0 Å². The monoisotopic (exact) mass is 447 g/mol. The largest absolute Gasteiger partial charge is 0.422 e. The fraction of sp³-hybridized carbons (Fsp3) is 0.474. The first-order valence-corrected chi connectivity index (χ1v) is 10.3. The van der Waals surface area contributed by atoms with Crippen molar-refractivity contribution in [2.75, 3.05) is 26.2 Å². The molecule has 1 atom stereocenters. The number of carbonyl (C=O) groups excluding carboxylic acids is 1. The maximum atomic E-state index is 12.6. The number of para-hydroxylation sites is 1. The molecule has 6 nitrogen and oxygen atoms in total. The van der Waals surface area contributed by atoms with E-state index in [1.165, 1.54) is 6.07 Å². The van der Waals surface area contributed by atoms with Crippen molar-refractivity contribution in [2.45, 2.75) is 30.2 Å². The van der Waals surface area contributed by atoms with E-state index >= 15 is 0 Å². The molecular formula is C19H24Cl3N3O3. The summed E-state index contributed by atoms with van der Waals surface area (Å²) in [5.74, 6) is -0.674. The summed E-state index contributed by atoms with van der Waals surface area (Å²) in [6.45, 7) is 7.51. The van der Waals surface area contributed by atoms with E-state index in [2.05, 4.69) is 29.4 Å². The van der Waals surface area contributed by atoms with E-state index in [1.807, 2.05) is 0 Å². The standard InChI is InChI=1S/C19H24Cl3N3O3/c1-3-25(4-2)11-7-10-23-18(19(20,21)22)24-16(26)14-12-13-8-5-6-9-15(13)28-17(14)27/h5-6,8-9,12,18,23H,3-4,7,10-11H2,1-2H3,(H,24,26). The summed E-state index contributed by atoms with van der Waals surface area (Å²) < 4.78 is 3.40. The maximum Gasteiger partial charge on any atom is 0.349 e. The molecule has 1 heterocycles. The predicted molar refractivity (Wildman–Crippen MR) is 114 cm³/mol. The molecule has 28 heavy (non-hydrogen) atoms. The Morgan fingerprint density at radius 2 is 1.89 bits per heavy atom. The Morgan fingerprint density at radius 1 is 1.21 bits per heavy atom. The van der Waals surface area contributed by atoms with Crippen molar-refractivity contribution in [3.8, 4) is 0 Å². The summed E-state index contributed by atoms with van der Waals surface area (Å²) in [7, 11) is 0. The molecule has 0 bridgehead atoms. The molecule has 2 N–H and O–H groups in total. The van der Waals surface area contributed by atoms with Crippen LogP contribution in [0.1, 0.15) is 30.6 Å². The lowest BCUT2D eigenvalue weighted by Gasteiger charge is -2.27. The third kappa shape index (κ3) is 6.36. The lowest BCUT2D eigenvalue weighted by atomic mass is 10.2. The van der Waals surface area contributed by atoms with E-state index in [0.717, 1.165) is 26.1 Å². The fourth-order valence-electron chi connectivity index (χ4n) is 2.77. The minimum atomic E-state index is -1.79. The van der Waals surface area contributed by atoms with Gasteiger partial charge in [-0.1, -0.05) is 66.8 Å². The van der Waals surface area contributed by atoms with Crippen molar-refractivity contribution in [3.63, 3.8) is 0 Å². The molecule has 1 aromatic heterocycles. The molecule has 1 unspecified atom stereocenters. The smallest absolute Gasteiger partial charge is 0.349 e. The summed E-state index contributed by atoms with van der Waals surface area (Å²) >= 11 is 18.0. The van der Waals surface area contributed by atoms with Gasteiger partial charge in [0.25, 0.3) is 5.91 Å². The number of alkyl halides is 3. The molecular weight excluding hydrogens is 425 g/mol. The fourth-order valence-corrected chi connectivity index (χ4v) is 3.16. The molecule has 1 aromatic carbocycles. The van der Waals surface area contributed by atoms with Gasteiger partial charge in [0.05, 0.1) is 0 Å². The van der Waals surface area contributed by atoms with Crippen molar-refractivity contribution < 1.29 is 9.21 Å². The van der Waals surface area contributed by atoms with Gasteiger partial charge in [-0.15, -0.1) is 0 Å². The normalized spacial score (nSPS) is 13.1. The number of amides is 1. The third-order valence-corrected chi connectivity index (χ3v) is 5.04. The summed E-state index contributed by atoms with van der Waals surface area (Å²) in [5.41, 5.74) is -0.500. The zero-order valence-corrected chi connectivity index (χ0v) is 18.1. The Labute approximate surface area is 179 Å². The van der Waals surface area contributed by atoms with Gasteiger partial charge in [0.1, 0.15) is 17.3 Å². The predicted octanol–water partition coefficient (Wildman–Crippen LogP) is 3.54. The molecule has 0 aliphatic heterocycles. The number of hydrogen-bond acceptors (Lipinski definition) is 5. The Bertz CT molecular complexity index is 847. The second-order valence-corrected chi connectivity index (χ2v) is 8.64. The van der Waals surface area contributed by atoms with Crippen LogP contribution in [0.25, 0.3) is 11.0 Å². The third-order valence-electron chi connectivity index (χ3n) is 4.38. The van der Waals surface area contributed by atoms with Crippen LogP contribution >= 0.6 is 34.8 Å². The lowest BCUT2D eigenvalue weighted by molar-refractivity contribution is 0.0926. The molecule has 9 heteroatoms. The Kier molecular flexibility index (Phi) is 8.58. The number of hydrogen-bond donors (Lipinski definition) is 2. The van der Waals surface area contributed by atoms with Gasteiger partial charge in [-0.3, -0.25) is 10.1 Å². The van der Waals surface area contributed by atoms with Gasteiger partial charge in [-0.05, 0) is 44.7 Å². The van der Waals surface area contributed by atoms with Crippen LogP contribution in [0.15, 0.2) is 39.5 Å². The average molecular weight is 449 g/mol. The van der Waals surface area contributed by atoms with E-state index in [1.54, 1.807) is 24.3 Å². The quantitative estimate of drug-likeness (QED) is 0.266. The van der Waals surface area contributed by atoms with Gasteiger partial charge in [0.2, 0.25) is 3.79 Å². The highest BCUT2D eigenvalue weighted by Gasteiger charge is 2.34. The van der Waals surface area contributed by atoms with Crippen LogP contribution in [-0.4, -0.2) is 46.9 Å². The van der Waals surface area contributed by atoms with Crippen LogP contribution in [-0.2, 0) is 0 Å². The molecule has 154 valence electrons. The number of nitrogens with one attached hydrogen (secondary N) is 2. The SMILES string of the molecule is CCN(CC)CCCNC(NC(=O)c1cc2ccccc2oc1=O)C(Cl)(Cl)Cl. The van der Waals surface area contributed by atoms with Gasteiger partial charge in [0.15, 0.2) is 0 Å². The molecule has 0 fully saturated rings. The van der Waals surface area contributed by atoms with E-state index in [9.17, 15) is 9.59 Å². The number of halogens is 3. The average Bonchev–Trinajstić information content (AvgIpc) is 2.65. The highest BCUT2D eigenvalue weighted by atomic mass is 35.6. The highest BCUT2D eigenvalue weighted by molar-refractivity contribution is 6.68. The molecule has 0 radical (unpaired) electrons. The molecule has 0 aliphatic carbocycles. The number of nitrogens with zero attached hydrogens (tertiary/aromatic N) is 1. The van der Waals surface area contributed by atoms with Crippen LogP contribution in [0.3, 0.4) is 0 Å². The van der Waals surface area contributed by atoms with E-state index in [4.69, 9.17) is 39.2 Å². The number of benzene rings is 1. The number of fused-ring (bicyclic) bond motifs is 1. The van der Waals surface area contributed by atoms with Gasteiger partial charge >= 0.3 is 5.63 Å². The van der Waals surface area contributed by atoms with Crippen LogP contribution in [0.2, 0.25) is 0 Å². The number of rotatable bonds is 9. The summed E-state index contributed by atoms with van der Waals surface area (Å²) in [6.07, 6.45) is -0.153. The van der Waals surface area contributed by atoms with Crippen molar-refractivity contribution in [2.24, 2.45) is 0 Å². The zero-order chi connectivity index (χ0) is 20.7. The molecule has 0 aliphatic rings. The van der Waals surface area contributed by atoms with E-state index in [-0.39, 0.29) is 5.56 Å². The Morgan fingerprint density at radius 3 is 2.54 bits per heavy atom. The molecule has 0 saturated heterocycles.